The predicted octanol–water partition coefficient (Wildman–Crippen LogP) is 3.10. The van der Waals surface area contributed by atoms with Gasteiger partial charge in [-0.05, 0) is 67.0 Å². The van der Waals surface area contributed by atoms with Crippen LogP contribution in [0, 0.1) is 9.39 Å². The van der Waals surface area contributed by atoms with Gasteiger partial charge in [0.05, 0.1) is 0 Å². The number of amides is 1. The third-order valence-corrected chi connectivity index (χ3v) is 3.93. The fourth-order valence-corrected chi connectivity index (χ4v) is 2.15. The van der Waals surface area contributed by atoms with Crippen molar-refractivity contribution in [3.8, 4) is 0 Å². The lowest BCUT2D eigenvalue weighted by Crippen LogP contribution is -2.50. The molecule has 4 heteroatoms. The Kier molecular flexibility index (Phi) is 3.19. The van der Waals surface area contributed by atoms with Crippen LogP contribution in [0.2, 0.25) is 0 Å². The second-order valence-corrected chi connectivity index (χ2v) is 5.66. The molecule has 86 valence electrons. The highest BCUT2D eigenvalue weighted by Gasteiger charge is 2.33. The zero-order chi connectivity index (χ0) is 11.8. The molecule has 0 heterocycles. The zero-order valence-corrected chi connectivity index (χ0v) is 11.2. The number of halogens is 2. The third-order valence-electron chi connectivity index (χ3n) is 3.05. The molecule has 1 aromatic rings. The standard InChI is InChI=1S/C12H13FINO/c1-12(5-2-6-12)15-11(16)8-3-4-10(14)9(13)7-8/h3-4,7H,2,5-6H2,1H3,(H,15,16). The molecule has 1 fully saturated rings. The minimum Gasteiger partial charge on any atom is -0.347 e. The molecule has 0 spiro atoms. The van der Waals surface area contributed by atoms with Gasteiger partial charge in [-0.1, -0.05) is 0 Å². The zero-order valence-electron chi connectivity index (χ0n) is 9.02. The predicted molar refractivity (Wildman–Crippen MR) is 68.8 cm³/mol. The van der Waals surface area contributed by atoms with Crippen LogP contribution in [0.4, 0.5) is 4.39 Å². The summed E-state index contributed by atoms with van der Waals surface area (Å²) >= 11 is 1.90. The van der Waals surface area contributed by atoms with Crippen molar-refractivity contribution in [2.24, 2.45) is 0 Å². The number of carbonyl (C=O) groups excluding carboxylic acids is 1. The van der Waals surface area contributed by atoms with Gasteiger partial charge in [0.1, 0.15) is 5.82 Å². The average Bonchev–Trinajstić information content (AvgIpc) is 2.19. The highest BCUT2D eigenvalue weighted by Crippen LogP contribution is 2.31. The molecule has 1 saturated carbocycles. The van der Waals surface area contributed by atoms with Gasteiger partial charge in [0.2, 0.25) is 0 Å². The van der Waals surface area contributed by atoms with Crippen molar-refractivity contribution in [3.63, 3.8) is 0 Å². The Morgan fingerprint density at radius 1 is 1.50 bits per heavy atom. The maximum atomic E-state index is 13.3. The minimum absolute atomic E-state index is 0.0868. The lowest BCUT2D eigenvalue weighted by atomic mass is 9.78. The van der Waals surface area contributed by atoms with E-state index in [1.165, 1.54) is 6.07 Å². The maximum Gasteiger partial charge on any atom is 0.251 e. The molecule has 1 amide bonds. The Bertz CT molecular complexity index is 429. The van der Waals surface area contributed by atoms with Crippen molar-refractivity contribution in [2.75, 3.05) is 0 Å². The Balaban J connectivity index is 2.11. The van der Waals surface area contributed by atoms with Gasteiger partial charge in [-0.25, -0.2) is 4.39 Å². The van der Waals surface area contributed by atoms with Crippen molar-refractivity contribution in [1.29, 1.82) is 0 Å². The molecule has 0 atom stereocenters. The summed E-state index contributed by atoms with van der Waals surface area (Å²) in [6.07, 6.45) is 3.16. The fraction of sp³-hybridized carbons (Fsp3) is 0.417. The third kappa shape index (κ3) is 2.36. The molecule has 2 nitrogen and oxygen atoms in total. The molecule has 0 aromatic heterocycles. The van der Waals surface area contributed by atoms with Crippen LogP contribution in [0.1, 0.15) is 36.5 Å². The summed E-state index contributed by atoms with van der Waals surface area (Å²) in [5.41, 5.74) is 0.308. The molecule has 0 saturated heterocycles. The first-order valence-corrected chi connectivity index (χ1v) is 6.36. The Morgan fingerprint density at radius 2 is 2.19 bits per heavy atom. The number of nitrogens with one attached hydrogen (secondary N) is 1. The number of hydrogen-bond acceptors (Lipinski definition) is 1. The molecule has 1 aromatic carbocycles. The maximum absolute atomic E-state index is 13.3. The molecular weight excluding hydrogens is 320 g/mol. The minimum atomic E-state index is -0.341. The second-order valence-electron chi connectivity index (χ2n) is 4.50. The van der Waals surface area contributed by atoms with Gasteiger partial charge in [-0.2, -0.15) is 0 Å². The van der Waals surface area contributed by atoms with Crippen LogP contribution in [0.3, 0.4) is 0 Å². The van der Waals surface area contributed by atoms with Gasteiger partial charge >= 0.3 is 0 Å². The van der Waals surface area contributed by atoms with Crippen LogP contribution < -0.4 is 5.32 Å². The number of benzene rings is 1. The Labute approximate surface area is 108 Å². The first-order chi connectivity index (χ1) is 7.50. The van der Waals surface area contributed by atoms with E-state index in [1.807, 2.05) is 29.5 Å². The molecule has 2 rings (SSSR count). The van der Waals surface area contributed by atoms with Gasteiger partial charge in [-0.15, -0.1) is 0 Å². The van der Waals surface area contributed by atoms with E-state index in [1.54, 1.807) is 12.1 Å². The van der Waals surface area contributed by atoms with Crippen LogP contribution in [-0.2, 0) is 0 Å². The monoisotopic (exact) mass is 333 g/mol. The Morgan fingerprint density at radius 3 is 2.69 bits per heavy atom. The van der Waals surface area contributed by atoms with Crippen LogP contribution in [-0.4, -0.2) is 11.4 Å². The molecule has 16 heavy (non-hydrogen) atoms. The smallest absolute Gasteiger partial charge is 0.251 e. The fourth-order valence-electron chi connectivity index (χ4n) is 1.82. The topological polar surface area (TPSA) is 29.1 Å². The van der Waals surface area contributed by atoms with E-state index in [0.717, 1.165) is 19.3 Å². The number of hydrogen-bond donors (Lipinski definition) is 1. The lowest BCUT2D eigenvalue weighted by molar-refractivity contribution is 0.0850. The quantitative estimate of drug-likeness (QED) is 0.828. The molecule has 0 unspecified atom stereocenters. The van der Waals surface area contributed by atoms with Gasteiger partial charge in [0.15, 0.2) is 0 Å². The van der Waals surface area contributed by atoms with E-state index >= 15 is 0 Å². The van der Waals surface area contributed by atoms with E-state index in [9.17, 15) is 9.18 Å². The summed E-state index contributed by atoms with van der Waals surface area (Å²) in [5, 5.41) is 2.95. The molecule has 1 aliphatic rings. The SMILES string of the molecule is CC1(NC(=O)c2ccc(I)c(F)c2)CCC1. The van der Waals surface area contributed by atoms with Crippen LogP contribution in [0.15, 0.2) is 18.2 Å². The van der Waals surface area contributed by atoms with Crippen molar-refractivity contribution < 1.29 is 9.18 Å². The number of carbonyl (C=O) groups is 1. The van der Waals surface area contributed by atoms with E-state index in [-0.39, 0.29) is 17.3 Å². The van der Waals surface area contributed by atoms with Gasteiger partial charge in [0, 0.05) is 14.7 Å². The molecular formula is C12H13FINO. The van der Waals surface area contributed by atoms with Crippen molar-refractivity contribution >= 4 is 28.5 Å². The molecule has 0 radical (unpaired) electrons. The second kappa shape index (κ2) is 4.31. The number of rotatable bonds is 2. The van der Waals surface area contributed by atoms with Crippen molar-refractivity contribution in [3.05, 3.63) is 33.1 Å². The molecule has 0 aliphatic heterocycles. The summed E-state index contributed by atoms with van der Waals surface area (Å²) in [5.74, 6) is -0.524. The first kappa shape index (κ1) is 11.8. The summed E-state index contributed by atoms with van der Waals surface area (Å²) in [6, 6.07) is 4.56. The van der Waals surface area contributed by atoms with E-state index < -0.39 is 0 Å². The normalized spacial score (nSPS) is 17.7. The van der Waals surface area contributed by atoms with Crippen LogP contribution in [0.25, 0.3) is 0 Å². The van der Waals surface area contributed by atoms with E-state index in [0.29, 0.717) is 9.13 Å². The van der Waals surface area contributed by atoms with Gasteiger partial charge in [0.25, 0.3) is 5.91 Å². The van der Waals surface area contributed by atoms with Crippen molar-refractivity contribution in [2.45, 2.75) is 31.7 Å². The van der Waals surface area contributed by atoms with Crippen LogP contribution >= 0.6 is 22.6 Å². The highest BCUT2D eigenvalue weighted by molar-refractivity contribution is 14.1. The molecule has 0 bridgehead atoms. The van der Waals surface area contributed by atoms with Crippen LogP contribution in [0.5, 0.6) is 0 Å². The Hall–Kier alpha value is -0.650. The van der Waals surface area contributed by atoms with Gasteiger partial charge in [-0.3, -0.25) is 4.79 Å². The summed E-state index contributed by atoms with van der Waals surface area (Å²) in [6.45, 7) is 2.03. The van der Waals surface area contributed by atoms with Crippen molar-refractivity contribution in [1.82, 2.24) is 5.32 Å². The largest absolute Gasteiger partial charge is 0.347 e. The molecule has 1 N–H and O–H groups in total. The highest BCUT2D eigenvalue weighted by atomic mass is 127. The van der Waals surface area contributed by atoms with E-state index in [4.69, 9.17) is 0 Å². The lowest BCUT2D eigenvalue weighted by Gasteiger charge is -2.39. The summed E-state index contributed by atoms with van der Waals surface area (Å²) in [7, 11) is 0. The van der Waals surface area contributed by atoms with E-state index in [2.05, 4.69) is 5.32 Å². The summed E-state index contributed by atoms with van der Waals surface area (Å²) < 4.78 is 13.8. The van der Waals surface area contributed by atoms with Gasteiger partial charge < -0.3 is 5.32 Å². The average molecular weight is 333 g/mol. The first-order valence-electron chi connectivity index (χ1n) is 5.28. The summed E-state index contributed by atoms with van der Waals surface area (Å²) in [4.78, 5) is 11.8. The molecule has 1 aliphatic carbocycles.